The Labute approximate surface area is 204 Å². The first-order chi connectivity index (χ1) is 15.5. The summed E-state index contributed by atoms with van der Waals surface area (Å²) in [5, 5.41) is 11.5. The molecule has 0 bridgehead atoms. The molecule has 2 aromatic heterocycles. The highest BCUT2D eigenvalue weighted by Gasteiger charge is 2.34. The van der Waals surface area contributed by atoms with E-state index >= 15 is 0 Å². The predicted octanol–water partition coefficient (Wildman–Crippen LogP) is 6.97. The molecule has 0 aliphatic carbocycles. The third kappa shape index (κ3) is 3.93. The fourth-order valence-corrected chi connectivity index (χ4v) is 5.01. The van der Waals surface area contributed by atoms with Gasteiger partial charge in [0.05, 0.1) is 16.5 Å². The summed E-state index contributed by atoms with van der Waals surface area (Å²) in [6.07, 6.45) is 0. The van der Waals surface area contributed by atoms with Crippen LogP contribution < -0.4 is 10.2 Å². The maximum absolute atomic E-state index is 6.25. The number of hydrogen-bond acceptors (Lipinski definition) is 5. The number of anilines is 1. The minimum Gasteiger partial charge on any atom is -0.351 e. The van der Waals surface area contributed by atoms with Crippen molar-refractivity contribution in [1.82, 2.24) is 15.5 Å². The highest BCUT2D eigenvalue weighted by atomic mass is 35.5. The van der Waals surface area contributed by atoms with E-state index in [-0.39, 0.29) is 6.04 Å². The van der Waals surface area contributed by atoms with Gasteiger partial charge in [-0.1, -0.05) is 52.6 Å². The molecule has 5 nitrogen and oxygen atoms in total. The molecular weight excluding hydrogens is 483 g/mol. The lowest BCUT2D eigenvalue weighted by Crippen LogP contribution is -2.46. The van der Waals surface area contributed by atoms with E-state index in [4.69, 9.17) is 44.9 Å². The molecule has 1 aliphatic heterocycles. The van der Waals surface area contributed by atoms with E-state index in [1.54, 1.807) is 11.3 Å². The quantitative estimate of drug-likeness (QED) is 0.306. The van der Waals surface area contributed by atoms with E-state index < -0.39 is 0 Å². The van der Waals surface area contributed by atoms with Crippen molar-refractivity contribution in [1.29, 1.82) is 0 Å². The highest BCUT2D eigenvalue weighted by molar-refractivity contribution is 7.80. The van der Waals surface area contributed by atoms with Gasteiger partial charge in [-0.05, 0) is 66.5 Å². The van der Waals surface area contributed by atoms with E-state index in [1.807, 2.05) is 77.9 Å². The van der Waals surface area contributed by atoms with Gasteiger partial charge in [0.15, 0.2) is 5.11 Å². The van der Waals surface area contributed by atoms with Crippen LogP contribution in [0, 0.1) is 0 Å². The Kier molecular flexibility index (Phi) is 5.73. The molecule has 0 fully saturated rings. The van der Waals surface area contributed by atoms with E-state index in [9.17, 15) is 0 Å². The number of nitrogens with zero attached hydrogens (tertiary/aromatic N) is 3. The van der Waals surface area contributed by atoms with Crippen LogP contribution in [0.3, 0.4) is 0 Å². The number of benzene rings is 2. The standard InChI is InChI=1S/C23H16Cl2N4OS2/c1-13-19(22-27-21(28-30-22)18-6-3-11-32-18)20(14-7-9-15(24)10-8-14)26-23(31)29(13)17-5-2-4-16(25)12-17/h2-12,20H,1H3,(H,26,31). The molecule has 1 atom stereocenters. The van der Waals surface area contributed by atoms with Crippen molar-refractivity contribution in [3.05, 3.63) is 93.2 Å². The van der Waals surface area contributed by atoms with Crippen LogP contribution >= 0.6 is 46.8 Å². The Bertz CT molecular complexity index is 1320. The number of nitrogens with one attached hydrogen (secondary N) is 1. The number of hydrogen-bond donors (Lipinski definition) is 1. The molecule has 1 N–H and O–H groups in total. The monoisotopic (exact) mass is 498 g/mol. The first kappa shape index (κ1) is 21.2. The Morgan fingerprint density at radius 1 is 1.06 bits per heavy atom. The number of thiocarbonyl (C=S) groups is 1. The van der Waals surface area contributed by atoms with Crippen LogP contribution in [0.1, 0.15) is 24.4 Å². The second-order valence-electron chi connectivity index (χ2n) is 7.15. The van der Waals surface area contributed by atoms with E-state index in [2.05, 4.69) is 10.5 Å². The molecule has 5 rings (SSSR count). The van der Waals surface area contributed by atoms with Gasteiger partial charge in [-0.2, -0.15) is 4.98 Å². The number of aromatic nitrogens is 2. The maximum Gasteiger partial charge on any atom is 0.258 e. The molecule has 3 heterocycles. The first-order valence-electron chi connectivity index (χ1n) is 9.71. The molecule has 0 radical (unpaired) electrons. The highest BCUT2D eigenvalue weighted by Crippen LogP contribution is 2.40. The lowest BCUT2D eigenvalue weighted by Gasteiger charge is -2.37. The molecule has 2 aromatic carbocycles. The van der Waals surface area contributed by atoms with Gasteiger partial charge in [0, 0.05) is 21.4 Å². The van der Waals surface area contributed by atoms with Crippen molar-refractivity contribution in [3.8, 4) is 10.7 Å². The van der Waals surface area contributed by atoms with Crippen LogP contribution in [-0.2, 0) is 0 Å². The van der Waals surface area contributed by atoms with Crippen LogP contribution in [0.15, 0.2) is 76.3 Å². The largest absolute Gasteiger partial charge is 0.351 e. The molecular formula is C23H16Cl2N4OS2. The van der Waals surface area contributed by atoms with Gasteiger partial charge in [-0.3, -0.25) is 4.90 Å². The summed E-state index contributed by atoms with van der Waals surface area (Å²) in [6, 6.07) is 18.8. The summed E-state index contributed by atoms with van der Waals surface area (Å²) < 4.78 is 5.74. The lowest BCUT2D eigenvalue weighted by atomic mass is 9.94. The zero-order valence-corrected chi connectivity index (χ0v) is 19.9. The van der Waals surface area contributed by atoms with Gasteiger partial charge in [-0.25, -0.2) is 0 Å². The molecule has 32 heavy (non-hydrogen) atoms. The Morgan fingerprint density at radius 2 is 1.88 bits per heavy atom. The Morgan fingerprint density at radius 3 is 2.59 bits per heavy atom. The minimum atomic E-state index is -0.285. The van der Waals surface area contributed by atoms with Gasteiger partial charge in [0.25, 0.3) is 5.89 Å². The molecule has 0 saturated carbocycles. The van der Waals surface area contributed by atoms with Crippen molar-refractivity contribution in [3.63, 3.8) is 0 Å². The van der Waals surface area contributed by atoms with Crippen molar-refractivity contribution in [2.24, 2.45) is 0 Å². The fraction of sp³-hybridized carbons (Fsp3) is 0.0870. The van der Waals surface area contributed by atoms with Crippen molar-refractivity contribution < 1.29 is 4.52 Å². The lowest BCUT2D eigenvalue weighted by molar-refractivity contribution is 0.404. The van der Waals surface area contributed by atoms with E-state index in [0.717, 1.165) is 27.4 Å². The number of rotatable bonds is 4. The number of halogens is 2. The number of allylic oxidation sites excluding steroid dienone is 1. The normalized spacial score (nSPS) is 16.4. The molecule has 1 aliphatic rings. The van der Waals surface area contributed by atoms with Gasteiger partial charge in [-0.15, -0.1) is 11.3 Å². The average molecular weight is 499 g/mol. The predicted molar refractivity (Wildman–Crippen MR) is 134 cm³/mol. The summed E-state index contributed by atoms with van der Waals surface area (Å²) in [5.41, 5.74) is 3.53. The van der Waals surface area contributed by atoms with Gasteiger partial charge in [0.2, 0.25) is 5.82 Å². The van der Waals surface area contributed by atoms with Crippen molar-refractivity contribution >= 4 is 63.1 Å². The maximum atomic E-state index is 6.25. The topological polar surface area (TPSA) is 54.2 Å². The van der Waals surface area contributed by atoms with Crippen LogP contribution in [0.5, 0.6) is 0 Å². The molecule has 0 spiro atoms. The summed E-state index contributed by atoms with van der Waals surface area (Å²) in [6.45, 7) is 1.99. The van der Waals surface area contributed by atoms with Crippen LogP contribution in [0.25, 0.3) is 16.3 Å². The van der Waals surface area contributed by atoms with E-state index in [1.165, 1.54) is 0 Å². The molecule has 1 unspecified atom stereocenters. The molecule has 160 valence electrons. The third-order valence-corrected chi connectivity index (χ3v) is 6.81. The van der Waals surface area contributed by atoms with Gasteiger partial charge < -0.3 is 9.84 Å². The Balaban J connectivity index is 1.67. The summed E-state index contributed by atoms with van der Waals surface area (Å²) in [7, 11) is 0. The zero-order valence-electron chi connectivity index (χ0n) is 16.8. The molecule has 0 saturated heterocycles. The van der Waals surface area contributed by atoms with Crippen molar-refractivity contribution in [2.45, 2.75) is 13.0 Å². The minimum absolute atomic E-state index is 0.285. The van der Waals surface area contributed by atoms with Crippen LogP contribution in [0.2, 0.25) is 10.0 Å². The van der Waals surface area contributed by atoms with Gasteiger partial charge >= 0.3 is 0 Å². The molecule has 4 aromatic rings. The van der Waals surface area contributed by atoms with Crippen LogP contribution in [0.4, 0.5) is 5.69 Å². The smallest absolute Gasteiger partial charge is 0.258 e. The Hall–Kier alpha value is -2.71. The average Bonchev–Trinajstić information content (AvgIpc) is 3.46. The van der Waals surface area contributed by atoms with Crippen LogP contribution in [-0.4, -0.2) is 15.3 Å². The molecule has 0 amide bonds. The zero-order chi connectivity index (χ0) is 22.2. The van der Waals surface area contributed by atoms with Gasteiger partial charge in [0.1, 0.15) is 0 Å². The second-order valence-corrected chi connectivity index (χ2v) is 9.36. The summed E-state index contributed by atoms with van der Waals surface area (Å²) >= 11 is 19.7. The SMILES string of the molecule is CC1=C(c2nc(-c3cccs3)no2)C(c2ccc(Cl)cc2)NC(=S)N1c1cccc(Cl)c1. The second kappa shape index (κ2) is 8.67. The third-order valence-electron chi connectivity index (χ3n) is 5.15. The number of thiophene rings is 1. The molecule has 9 heteroatoms. The van der Waals surface area contributed by atoms with E-state index in [0.29, 0.717) is 26.9 Å². The first-order valence-corrected chi connectivity index (χ1v) is 11.8. The van der Waals surface area contributed by atoms with Crippen molar-refractivity contribution in [2.75, 3.05) is 4.90 Å². The fourth-order valence-electron chi connectivity index (χ4n) is 3.69. The summed E-state index contributed by atoms with van der Waals surface area (Å²) in [4.78, 5) is 7.57. The summed E-state index contributed by atoms with van der Waals surface area (Å²) in [5.74, 6) is 0.973.